The molecule has 0 saturated heterocycles. The number of hydrogen-bond donors (Lipinski definition) is 2. The van der Waals surface area contributed by atoms with Gasteiger partial charge >= 0.3 is 6.61 Å². The van der Waals surface area contributed by atoms with E-state index in [4.69, 9.17) is 23.2 Å². The minimum absolute atomic E-state index is 0.0120. The Labute approximate surface area is 125 Å². The van der Waals surface area contributed by atoms with Gasteiger partial charge in [0.2, 0.25) is 0 Å². The van der Waals surface area contributed by atoms with Crippen LogP contribution in [0.5, 0.6) is 5.75 Å². The Morgan fingerprint density at radius 1 is 1.35 bits per heavy atom. The summed E-state index contributed by atoms with van der Waals surface area (Å²) in [5.41, 5.74) is 0.337. The number of benzene rings is 1. The predicted octanol–water partition coefficient (Wildman–Crippen LogP) is 4.17. The zero-order valence-electron chi connectivity index (χ0n) is 11.0. The summed E-state index contributed by atoms with van der Waals surface area (Å²) in [6, 6.07) is 3.02. The molecule has 1 aliphatic rings. The first-order chi connectivity index (χ1) is 9.21. The van der Waals surface area contributed by atoms with Crippen molar-refractivity contribution in [3.8, 4) is 5.75 Å². The number of anilines is 1. The Morgan fingerprint density at radius 2 is 1.90 bits per heavy atom. The van der Waals surface area contributed by atoms with Gasteiger partial charge in [-0.05, 0) is 18.6 Å². The van der Waals surface area contributed by atoms with Crippen LogP contribution >= 0.6 is 23.2 Å². The van der Waals surface area contributed by atoms with Gasteiger partial charge in [0.15, 0.2) is 5.75 Å². The molecule has 0 amide bonds. The van der Waals surface area contributed by atoms with Crippen molar-refractivity contribution in [1.82, 2.24) is 0 Å². The monoisotopic (exact) mass is 325 g/mol. The Hall–Kier alpha value is -0.780. The Kier molecular flexibility index (Phi) is 4.33. The molecular weight excluding hydrogens is 311 g/mol. The average molecular weight is 326 g/mol. The third kappa shape index (κ3) is 2.95. The van der Waals surface area contributed by atoms with Gasteiger partial charge in [0.25, 0.3) is 0 Å². The highest BCUT2D eigenvalue weighted by atomic mass is 35.5. The molecule has 1 aliphatic carbocycles. The number of nitrogens with one attached hydrogen (secondary N) is 1. The number of aliphatic hydroxyl groups excluding tert-OH is 1. The molecule has 0 spiro atoms. The van der Waals surface area contributed by atoms with Gasteiger partial charge in [0.05, 0.1) is 16.1 Å². The van der Waals surface area contributed by atoms with Crippen molar-refractivity contribution in [2.75, 3.05) is 5.32 Å². The van der Waals surface area contributed by atoms with E-state index in [1.165, 1.54) is 12.1 Å². The van der Waals surface area contributed by atoms with E-state index in [1.807, 2.05) is 13.8 Å². The lowest BCUT2D eigenvalue weighted by atomic mass is 9.64. The number of halogens is 4. The van der Waals surface area contributed by atoms with Crippen LogP contribution in [0.25, 0.3) is 0 Å². The molecule has 1 aromatic rings. The van der Waals surface area contributed by atoms with Gasteiger partial charge in [-0.1, -0.05) is 37.0 Å². The summed E-state index contributed by atoms with van der Waals surface area (Å²) in [5, 5.41) is 12.9. The Morgan fingerprint density at radius 3 is 2.30 bits per heavy atom. The van der Waals surface area contributed by atoms with Crippen LogP contribution in [-0.4, -0.2) is 23.9 Å². The molecule has 2 N–H and O–H groups in total. The first-order valence-corrected chi connectivity index (χ1v) is 6.86. The molecule has 7 heteroatoms. The van der Waals surface area contributed by atoms with Crippen molar-refractivity contribution in [3.63, 3.8) is 0 Å². The van der Waals surface area contributed by atoms with Gasteiger partial charge in [-0.15, -0.1) is 0 Å². The SMILES string of the molecule is CC1(C)C(O)CC1Nc1cc(Cl)c(OC(F)F)c(Cl)c1. The molecule has 112 valence electrons. The molecule has 0 aromatic heterocycles. The highest BCUT2D eigenvalue weighted by molar-refractivity contribution is 6.37. The molecule has 1 saturated carbocycles. The second-order valence-corrected chi connectivity index (χ2v) is 6.23. The third-order valence-electron chi connectivity index (χ3n) is 3.76. The maximum atomic E-state index is 12.2. The molecular formula is C13H15Cl2F2NO2. The molecule has 2 unspecified atom stereocenters. The van der Waals surface area contributed by atoms with Crippen molar-refractivity contribution >= 4 is 28.9 Å². The van der Waals surface area contributed by atoms with E-state index in [1.54, 1.807) is 0 Å². The van der Waals surface area contributed by atoms with Crippen molar-refractivity contribution in [3.05, 3.63) is 22.2 Å². The molecule has 20 heavy (non-hydrogen) atoms. The second kappa shape index (κ2) is 5.54. The van der Waals surface area contributed by atoms with Crippen LogP contribution < -0.4 is 10.1 Å². The summed E-state index contributed by atoms with van der Waals surface area (Å²) in [5.74, 6) is -0.234. The van der Waals surface area contributed by atoms with Crippen LogP contribution in [-0.2, 0) is 0 Å². The van der Waals surface area contributed by atoms with Gasteiger partial charge < -0.3 is 15.2 Å². The molecule has 0 bridgehead atoms. The minimum Gasteiger partial charge on any atom is -0.432 e. The summed E-state index contributed by atoms with van der Waals surface area (Å²) < 4.78 is 28.7. The van der Waals surface area contributed by atoms with Crippen LogP contribution in [0.1, 0.15) is 20.3 Å². The lowest BCUT2D eigenvalue weighted by Gasteiger charge is -2.49. The fraction of sp³-hybridized carbons (Fsp3) is 0.538. The summed E-state index contributed by atoms with van der Waals surface area (Å²) in [7, 11) is 0. The van der Waals surface area contributed by atoms with Gasteiger partial charge in [0, 0.05) is 17.1 Å². The molecule has 3 nitrogen and oxygen atoms in total. The van der Waals surface area contributed by atoms with E-state index in [2.05, 4.69) is 10.1 Å². The lowest BCUT2D eigenvalue weighted by Crippen LogP contribution is -2.56. The standard InChI is InChI=1S/C13H15Cl2F2NO2/c1-13(2)9(5-10(13)19)18-6-3-7(14)11(8(15)4-6)20-12(16)17/h3-4,9-10,12,18-19H,5H2,1-2H3. The average Bonchev–Trinajstić information content (AvgIpc) is 2.33. The maximum Gasteiger partial charge on any atom is 0.387 e. The number of rotatable bonds is 4. The highest BCUT2D eigenvalue weighted by Gasteiger charge is 2.47. The van der Waals surface area contributed by atoms with Crippen LogP contribution in [0.2, 0.25) is 10.0 Å². The van der Waals surface area contributed by atoms with Gasteiger partial charge in [-0.25, -0.2) is 0 Å². The summed E-state index contributed by atoms with van der Waals surface area (Å²) in [6.07, 6.45) is 0.240. The van der Waals surface area contributed by atoms with Gasteiger partial charge in [-0.3, -0.25) is 0 Å². The first-order valence-electron chi connectivity index (χ1n) is 6.10. The number of aliphatic hydroxyl groups is 1. The third-order valence-corrected chi connectivity index (χ3v) is 4.32. The Bertz CT molecular complexity index is 488. The number of hydrogen-bond acceptors (Lipinski definition) is 3. The van der Waals surface area contributed by atoms with E-state index in [9.17, 15) is 13.9 Å². The predicted molar refractivity (Wildman–Crippen MR) is 74.9 cm³/mol. The molecule has 0 radical (unpaired) electrons. The lowest BCUT2D eigenvalue weighted by molar-refractivity contribution is -0.0513. The van der Waals surface area contributed by atoms with Crippen molar-refractivity contribution < 1.29 is 18.6 Å². The summed E-state index contributed by atoms with van der Waals surface area (Å²) >= 11 is 11.8. The highest BCUT2D eigenvalue weighted by Crippen LogP contribution is 2.44. The van der Waals surface area contributed by atoms with Crippen LogP contribution in [0.4, 0.5) is 14.5 Å². The van der Waals surface area contributed by atoms with Crippen LogP contribution in [0, 0.1) is 5.41 Å². The fourth-order valence-electron chi connectivity index (χ4n) is 2.19. The molecule has 1 fully saturated rings. The molecule has 2 rings (SSSR count). The normalized spacial score (nSPS) is 24.4. The topological polar surface area (TPSA) is 41.5 Å². The Balaban J connectivity index is 2.15. The largest absolute Gasteiger partial charge is 0.432 e. The van der Waals surface area contributed by atoms with Crippen molar-refractivity contribution in [2.24, 2.45) is 5.41 Å². The summed E-state index contributed by atoms with van der Waals surface area (Å²) in [4.78, 5) is 0. The van der Waals surface area contributed by atoms with E-state index in [0.717, 1.165) is 0 Å². The smallest absolute Gasteiger partial charge is 0.387 e. The molecule has 2 atom stereocenters. The molecule has 1 aromatic carbocycles. The number of alkyl halides is 2. The van der Waals surface area contributed by atoms with Crippen LogP contribution in [0.3, 0.4) is 0 Å². The van der Waals surface area contributed by atoms with E-state index in [0.29, 0.717) is 12.1 Å². The van der Waals surface area contributed by atoms with E-state index in [-0.39, 0.29) is 33.4 Å². The fourth-order valence-corrected chi connectivity index (χ4v) is 2.77. The van der Waals surface area contributed by atoms with Crippen LogP contribution in [0.15, 0.2) is 12.1 Å². The zero-order chi connectivity index (χ0) is 15.1. The van der Waals surface area contributed by atoms with Gasteiger partial charge in [-0.2, -0.15) is 8.78 Å². The van der Waals surface area contributed by atoms with Crippen molar-refractivity contribution in [1.29, 1.82) is 0 Å². The van der Waals surface area contributed by atoms with Gasteiger partial charge in [0.1, 0.15) is 0 Å². The van der Waals surface area contributed by atoms with E-state index < -0.39 is 6.61 Å². The summed E-state index contributed by atoms with van der Waals surface area (Å²) in [6.45, 7) is 0.900. The number of ether oxygens (including phenoxy) is 1. The van der Waals surface area contributed by atoms with Crippen molar-refractivity contribution in [2.45, 2.75) is 39.0 Å². The second-order valence-electron chi connectivity index (χ2n) is 5.42. The first kappa shape index (κ1) is 15.6. The molecule has 0 aliphatic heterocycles. The maximum absolute atomic E-state index is 12.2. The zero-order valence-corrected chi connectivity index (χ0v) is 12.5. The molecule has 0 heterocycles. The quantitative estimate of drug-likeness (QED) is 0.873. The van der Waals surface area contributed by atoms with E-state index >= 15 is 0 Å². The minimum atomic E-state index is -2.98.